The Labute approximate surface area is 445 Å². The van der Waals surface area contributed by atoms with Crippen molar-refractivity contribution in [1.82, 2.24) is 5.32 Å². The molecule has 0 saturated carbocycles. The minimum atomic E-state index is -0.666. The maximum atomic E-state index is 12.5. The summed E-state index contributed by atoms with van der Waals surface area (Å²) in [5.41, 5.74) is 0. The van der Waals surface area contributed by atoms with E-state index in [2.05, 4.69) is 19.2 Å². The Morgan fingerprint density at radius 3 is 0.859 bits per heavy atom. The van der Waals surface area contributed by atoms with Gasteiger partial charge in [0.05, 0.1) is 25.4 Å². The molecule has 0 aromatic rings. The molecule has 0 saturated heterocycles. The van der Waals surface area contributed by atoms with Crippen LogP contribution in [-0.4, -0.2) is 47.4 Å². The Balaban J connectivity index is 3.39. The normalized spacial score (nSPS) is 12.5. The zero-order valence-corrected chi connectivity index (χ0v) is 48.5. The first-order valence-electron chi connectivity index (χ1n) is 32.8. The predicted octanol–water partition coefficient (Wildman–Crippen LogP) is 20.6. The summed E-state index contributed by atoms with van der Waals surface area (Å²) >= 11 is 0. The fourth-order valence-corrected chi connectivity index (χ4v) is 10.6. The van der Waals surface area contributed by atoms with Crippen LogP contribution in [0.15, 0.2) is 0 Å². The summed E-state index contributed by atoms with van der Waals surface area (Å²) in [5.74, 6) is -0.0213. The number of carbonyl (C=O) groups excluding carboxylic acids is 2. The molecule has 0 radical (unpaired) electrons. The fourth-order valence-electron chi connectivity index (χ4n) is 10.6. The van der Waals surface area contributed by atoms with Gasteiger partial charge in [-0.1, -0.05) is 341 Å². The van der Waals surface area contributed by atoms with Crippen molar-refractivity contribution in [2.45, 2.75) is 392 Å². The molecule has 0 aliphatic rings. The Bertz CT molecular complexity index is 1020. The van der Waals surface area contributed by atoms with Gasteiger partial charge in [-0.2, -0.15) is 0 Å². The maximum Gasteiger partial charge on any atom is 0.305 e. The molecule has 0 bridgehead atoms. The van der Waals surface area contributed by atoms with E-state index in [1.807, 2.05) is 0 Å². The number of hydrogen-bond donors (Lipinski definition) is 3. The standard InChI is InChI=1S/C65H129NO5/c1-3-5-7-9-11-13-15-17-18-19-20-21-22-23-25-28-31-34-37-41-45-49-53-57-63(68)62(61-67)66-64(69)58-54-50-46-42-38-35-32-29-26-24-27-30-33-36-40-44-48-52-56-60-71-65(70)59-55-51-47-43-39-16-14-12-10-8-6-4-2/h62-63,67-68H,3-61H2,1-2H3,(H,66,69). The van der Waals surface area contributed by atoms with E-state index < -0.39 is 12.1 Å². The van der Waals surface area contributed by atoms with Crippen LogP contribution in [0.1, 0.15) is 380 Å². The van der Waals surface area contributed by atoms with Crippen LogP contribution in [0.2, 0.25) is 0 Å². The van der Waals surface area contributed by atoms with E-state index in [9.17, 15) is 19.8 Å². The Kier molecular flexibility index (Phi) is 60.4. The molecular weight excluding hydrogens is 875 g/mol. The topological polar surface area (TPSA) is 95.9 Å². The molecule has 424 valence electrons. The first kappa shape index (κ1) is 69.9. The number of aliphatic hydroxyl groups is 2. The number of hydrogen-bond acceptors (Lipinski definition) is 5. The third-order valence-corrected chi connectivity index (χ3v) is 15.7. The van der Waals surface area contributed by atoms with E-state index in [1.54, 1.807) is 0 Å². The van der Waals surface area contributed by atoms with Gasteiger partial charge < -0.3 is 20.3 Å². The zero-order valence-electron chi connectivity index (χ0n) is 48.5. The molecule has 0 aliphatic heterocycles. The number of ether oxygens (including phenoxy) is 1. The summed E-state index contributed by atoms with van der Waals surface area (Å²) < 4.78 is 5.48. The summed E-state index contributed by atoms with van der Waals surface area (Å²) in [6.45, 7) is 4.99. The van der Waals surface area contributed by atoms with E-state index in [0.717, 1.165) is 38.5 Å². The molecule has 0 rings (SSSR count). The summed E-state index contributed by atoms with van der Waals surface area (Å²) in [7, 11) is 0. The molecule has 6 heteroatoms. The summed E-state index contributed by atoms with van der Waals surface area (Å²) in [6.07, 6.45) is 72.6. The molecule has 0 aromatic carbocycles. The van der Waals surface area contributed by atoms with Gasteiger partial charge in [0.2, 0.25) is 5.91 Å². The number of aliphatic hydroxyl groups excluding tert-OH is 2. The molecule has 0 aliphatic carbocycles. The van der Waals surface area contributed by atoms with E-state index in [1.165, 1.54) is 308 Å². The van der Waals surface area contributed by atoms with Crippen LogP contribution in [0.25, 0.3) is 0 Å². The van der Waals surface area contributed by atoms with E-state index in [0.29, 0.717) is 25.9 Å². The monoisotopic (exact) mass is 1000 g/mol. The van der Waals surface area contributed by atoms with Crippen LogP contribution in [0.4, 0.5) is 0 Å². The number of amides is 1. The molecule has 1 amide bonds. The number of unbranched alkanes of at least 4 members (excludes halogenated alkanes) is 51. The molecule has 71 heavy (non-hydrogen) atoms. The quantitative estimate of drug-likeness (QED) is 0.0417. The lowest BCUT2D eigenvalue weighted by atomic mass is 10.0. The van der Waals surface area contributed by atoms with Crippen LogP contribution >= 0.6 is 0 Å². The lowest BCUT2D eigenvalue weighted by Gasteiger charge is -2.22. The van der Waals surface area contributed by atoms with Gasteiger partial charge in [-0.15, -0.1) is 0 Å². The minimum Gasteiger partial charge on any atom is -0.466 e. The smallest absolute Gasteiger partial charge is 0.305 e. The van der Waals surface area contributed by atoms with Gasteiger partial charge in [-0.05, 0) is 25.7 Å². The second kappa shape index (κ2) is 61.4. The second-order valence-electron chi connectivity index (χ2n) is 22.8. The molecule has 0 spiro atoms. The Morgan fingerprint density at radius 2 is 0.577 bits per heavy atom. The van der Waals surface area contributed by atoms with Crippen LogP contribution in [-0.2, 0) is 14.3 Å². The highest BCUT2D eigenvalue weighted by atomic mass is 16.5. The Hall–Kier alpha value is -1.14. The molecule has 0 aromatic heterocycles. The van der Waals surface area contributed by atoms with E-state index >= 15 is 0 Å². The van der Waals surface area contributed by atoms with Crippen molar-refractivity contribution < 1.29 is 24.5 Å². The molecule has 3 N–H and O–H groups in total. The van der Waals surface area contributed by atoms with Gasteiger partial charge in [-0.3, -0.25) is 9.59 Å². The summed E-state index contributed by atoms with van der Waals surface area (Å²) in [5, 5.41) is 23.4. The lowest BCUT2D eigenvalue weighted by Crippen LogP contribution is -2.45. The van der Waals surface area contributed by atoms with Crippen LogP contribution in [0, 0.1) is 0 Å². The predicted molar refractivity (Wildman–Crippen MR) is 310 cm³/mol. The number of esters is 1. The fraction of sp³-hybridized carbons (Fsp3) is 0.969. The molecule has 6 nitrogen and oxygen atoms in total. The molecule has 2 unspecified atom stereocenters. The van der Waals surface area contributed by atoms with Gasteiger partial charge in [0, 0.05) is 12.8 Å². The average molecular weight is 1000 g/mol. The van der Waals surface area contributed by atoms with Gasteiger partial charge >= 0.3 is 5.97 Å². The molecular formula is C65H129NO5. The van der Waals surface area contributed by atoms with E-state index in [4.69, 9.17) is 4.74 Å². The minimum absolute atomic E-state index is 0.0112. The van der Waals surface area contributed by atoms with Crippen molar-refractivity contribution in [3.63, 3.8) is 0 Å². The highest BCUT2D eigenvalue weighted by Crippen LogP contribution is 2.19. The van der Waals surface area contributed by atoms with E-state index in [-0.39, 0.29) is 18.5 Å². The van der Waals surface area contributed by atoms with Crippen molar-refractivity contribution in [3.05, 3.63) is 0 Å². The first-order chi connectivity index (χ1) is 35.0. The second-order valence-corrected chi connectivity index (χ2v) is 22.8. The third kappa shape index (κ3) is 58.0. The first-order valence-corrected chi connectivity index (χ1v) is 32.8. The van der Waals surface area contributed by atoms with Crippen LogP contribution < -0.4 is 5.32 Å². The largest absolute Gasteiger partial charge is 0.466 e. The number of nitrogens with one attached hydrogen (secondary N) is 1. The maximum absolute atomic E-state index is 12.5. The number of rotatable bonds is 62. The van der Waals surface area contributed by atoms with Crippen molar-refractivity contribution in [2.75, 3.05) is 13.2 Å². The molecule has 0 fully saturated rings. The van der Waals surface area contributed by atoms with Crippen molar-refractivity contribution in [3.8, 4) is 0 Å². The zero-order chi connectivity index (χ0) is 51.4. The SMILES string of the molecule is CCCCCCCCCCCCCCCCCCCCCCCCCC(O)C(CO)NC(=O)CCCCCCCCCCCCCCCCCCCCCOC(=O)CCCCCCCCCCCCCC. The lowest BCUT2D eigenvalue weighted by molar-refractivity contribution is -0.143. The van der Waals surface area contributed by atoms with Crippen molar-refractivity contribution in [2.24, 2.45) is 0 Å². The molecule has 2 atom stereocenters. The third-order valence-electron chi connectivity index (χ3n) is 15.7. The summed E-state index contributed by atoms with van der Waals surface area (Å²) in [6, 6.07) is -0.543. The van der Waals surface area contributed by atoms with Crippen molar-refractivity contribution in [1.29, 1.82) is 0 Å². The highest BCUT2D eigenvalue weighted by molar-refractivity contribution is 5.76. The number of carbonyl (C=O) groups is 2. The van der Waals surface area contributed by atoms with Gasteiger partial charge in [-0.25, -0.2) is 0 Å². The van der Waals surface area contributed by atoms with Crippen LogP contribution in [0.5, 0.6) is 0 Å². The van der Waals surface area contributed by atoms with Crippen molar-refractivity contribution >= 4 is 11.9 Å². The molecule has 0 heterocycles. The average Bonchev–Trinajstić information content (AvgIpc) is 3.37. The van der Waals surface area contributed by atoms with Crippen LogP contribution in [0.3, 0.4) is 0 Å². The summed E-state index contributed by atoms with van der Waals surface area (Å²) in [4.78, 5) is 24.6. The Morgan fingerprint density at radius 1 is 0.338 bits per heavy atom. The van der Waals surface area contributed by atoms with Gasteiger partial charge in [0.25, 0.3) is 0 Å². The van der Waals surface area contributed by atoms with Gasteiger partial charge in [0.15, 0.2) is 0 Å². The van der Waals surface area contributed by atoms with Gasteiger partial charge in [0.1, 0.15) is 0 Å². The highest BCUT2D eigenvalue weighted by Gasteiger charge is 2.20.